The molecule has 1 aromatic carbocycles. The third-order valence-corrected chi connectivity index (χ3v) is 5.72. The molecule has 0 aliphatic carbocycles. The minimum Gasteiger partial charge on any atom is -0.373 e. The Morgan fingerprint density at radius 1 is 1.36 bits per heavy atom. The quantitative estimate of drug-likeness (QED) is 0.862. The van der Waals surface area contributed by atoms with E-state index in [0.717, 1.165) is 42.3 Å². The number of fused-ring (bicyclic) bond motifs is 2. The minimum atomic E-state index is -0.126. The van der Waals surface area contributed by atoms with Crippen LogP contribution in [0.4, 0.5) is 5.69 Å². The molecule has 0 aromatic heterocycles. The van der Waals surface area contributed by atoms with Crippen molar-refractivity contribution < 1.29 is 4.79 Å². The van der Waals surface area contributed by atoms with Crippen molar-refractivity contribution in [2.45, 2.75) is 31.3 Å². The van der Waals surface area contributed by atoms with Crippen LogP contribution in [0.15, 0.2) is 18.2 Å². The highest BCUT2D eigenvalue weighted by Gasteiger charge is 2.41. The Morgan fingerprint density at radius 2 is 2.23 bits per heavy atom. The molecule has 3 unspecified atom stereocenters. The summed E-state index contributed by atoms with van der Waals surface area (Å²) in [4.78, 5) is 17.4. The maximum Gasteiger partial charge on any atom is 0.245 e. The maximum absolute atomic E-state index is 12.9. The molecule has 0 bridgehead atoms. The summed E-state index contributed by atoms with van der Waals surface area (Å²) in [5, 5.41) is 4.11. The molecule has 1 aromatic rings. The summed E-state index contributed by atoms with van der Waals surface area (Å²) in [7, 11) is 2.19. The topological polar surface area (TPSA) is 35.6 Å². The van der Waals surface area contributed by atoms with Crippen molar-refractivity contribution >= 4 is 23.2 Å². The van der Waals surface area contributed by atoms with Crippen LogP contribution in [0.3, 0.4) is 0 Å². The summed E-state index contributed by atoms with van der Waals surface area (Å²) >= 11 is 6.05. The van der Waals surface area contributed by atoms with Gasteiger partial charge in [0.15, 0.2) is 0 Å². The van der Waals surface area contributed by atoms with Crippen molar-refractivity contribution in [3.8, 4) is 0 Å². The molecular weight excluding hydrogens is 298 g/mol. The lowest BCUT2D eigenvalue weighted by Crippen LogP contribution is -2.44. The normalized spacial score (nSPS) is 30.8. The van der Waals surface area contributed by atoms with Crippen LogP contribution < -0.4 is 5.32 Å². The van der Waals surface area contributed by atoms with E-state index in [1.54, 1.807) is 0 Å². The van der Waals surface area contributed by atoms with Gasteiger partial charge in [-0.25, -0.2) is 0 Å². The van der Waals surface area contributed by atoms with E-state index < -0.39 is 0 Å². The van der Waals surface area contributed by atoms with Crippen molar-refractivity contribution in [2.24, 2.45) is 5.92 Å². The highest BCUT2D eigenvalue weighted by atomic mass is 35.5. The number of piperidine rings is 1. The van der Waals surface area contributed by atoms with Crippen LogP contribution in [-0.4, -0.2) is 54.5 Å². The molecule has 22 heavy (non-hydrogen) atoms. The Morgan fingerprint density at radius 3 is 3.05 bits per heavy atom. The molecule has 2 saturated heterocycles. The van der Waals surface area contributed by atoms with Crippen LogP contribution in [-0.2, 0) is 11.2 Å². The molecule has 118 valence electrons. The molecule has 1 amide bonds. The smallest absolute Gasteiger partial charge is 0.245 e. The predicted molar refractivity (Wildman–Crippen MR) is 88.3 cm³/mol. The number of rotatable bonds is 1. The Balaban J connectivity index is 1.46. The molecule has 0 saturated carbocycles. The summed E-state index contributed by atoms with van der Waals surface area (Å²) < 4.78 is 0. The second kappa shape index (κ2) is 5.43. The van der Waals surface area contributed by atoms with E-state index in [1.165, 1.54) is 12.8 Å². The zero-order chi connectivity index (χ0) is 15.3. The first-order valence-electron chi connectivity index (χ1n) is 8.16. The van der Waals surface area contributed by atoms with Crippen molar-refractivity contribution in [3.05, 3.63) is 28.8 Å². The van der Waals surface area contributed by atoms with Crippen LogP contribution in [0.5, 0.6) is 0 Å². The third-order valence-electron chi connectivity index (χ3n) is 5.49. The van der Waals surface area contributed by atoms with Gasteiger partial charge in [-0.2, -0.15) is 0 Å². The Labute approximate surface area is 136 Å². The Bertz CT molecular complexity index is 606. The molecule has 1 N–H and O–H groups in total. The number of carbonyl (C=O) groups is 1. The van der Waals surface area contributed by atoms with Crippen molar-refractivity contribution in [1.82, 2.24) is 9.80 Å². The van der Waals surface area contributed by atoms with Gasteiger partial charge in [0.2, 0.25) is 5.91 Å². The average Bonchev–Trinajstić information content (AvgIpc) is 3.10. The summed E-state index contributed by atoms with van der Waals surface area (Å²) in [6.07, 6.45) is 3.26. The van der Waals surface area contributed by atoms with Crippen molar-refractivity contribution in [3.63, 3.8) is 0 Å². The van der Waals surface area contributed by atoms with Gasteiger partial charge >= 0.3 is 0 Å². The Kier molecular flexibility index (Phi) is 3.54. The molecule has 5 heteroatoms. The molecule has 3 atom stereocenters. The molecule has 4 rings (SSSR count). The number of amides is 1. The van der Waals surface area contributed by atoms with Gasteiger partial charge in [0.1, 0.15) is 6.04 Å². The number of hydrogen-bond acceptors (Lipinski definition) is 3. The zero-order valence-corrected chi connectivity index (χ0v) is 13.6. The Hall–Kier alpha value is -1.26. The molecule has 0 spiro atoms. The third kappa shape index (κ3) is 2.38. The minimum absolute atomic E-state index is 0.126. The van der Waals surface area contributed by atoms with Crippen molar-refractivity contribution in [2.75, 3.05) is 32.0 Å². The molecule has 3 heterocycles. The van der Waals surface area contributed by atoms with Crippen LogP contribution in [0.1, 0.15) is 18.4 Å². The van der Waals surface area contributed by atoms with E-state index in [2.05, 4.69) is 22.2 Å². The van der Waals surface area contributed by atoms with Crippen LogP contribution >= 0.6 is 11.6 Å². The first kappa shape index (κ1) is 14.3. The van der Waals surface area contributed by atoms with Gasteiger partial charge in [0.25, 0.3) is 0 Å². The number of likely N-dealkylation sites (tertiary alicyclic amines) is 2. The van der Waals surface area contributed by atoms with E-state index >= 15 is 0 Å². The number of carbonyl (C=O) groups excluding carboxylic acids is 1. The largest absolute Gasteiger partial charge is 0.373 e. The van der Waals surface area contributed by atoms with Gasteiger partial charge in [0, 0.05) is 36.3 Å². The number of nitrogens with one attached hydrogen (secondary N) is 1. The summed E-state index contributed by atoms with van der Waals surface area (Å²) in [6.45, 7) is 2.97. The second-order valence-electron chi connectivity index (χ2n) is 6.90. The summed E-state index contributed by atoms with van der Waals surface area (Å²) in [5.74, 6) is 0.899. The first-order chi connectivity index (χ1) is 10.6. The molecular formula is C17H22ClN3O. The lowest BCUT2D eigenvalue weighted by Gasteiger charge is -2.33. The van der Waals surface area contributed by atoms with Gasteiger partial charge in [0.05, 0.1) is 0 Å². The van der Waals surface area contributed by atoms with Gasteiger partial charge in [-0.15, -0.1) is 0 Å². The van der Waals surface area contributed by atoms with E-state index in [1.807, 2.05) is 18.2 Å². The molecule has 3 aliphatic heterocycles. The number of likely N-dealkylation sites (N-methyl/N-ethyl adjacent to an activating group) is 1. The van der Waals surface area contributed by atoms with E-state index in [0.29, 0.717) is 12.0 Å². The van der Waals surface area contributed by atoms with Crippen molar-refractivity contribution in [1.29, 1.82) is 0 Å². The molecule has 0 radical (unpaired) electrons. The highest BCUT2D eigenvalue weighted by molar-refractivity contribution is 6.30. The van der Waals surface area contributed by atoms with Gasteiger partial charge < -0.3 is 15.1 Å². The number of nitrogens with zero attached hydrogens (tertiary/aromatic N) is 2. The molecule has 4 nitrogen and oxygen atoms in total. The van der Waals surface area contributed by atoms with Gasteiger partial charge in [-0.1, -0.05) is 11.6 Å². The fourth-order valence-corrected chi connectivity index (χ4v) is 4.48. The number of hydrogen-bond donors (Lipinski definition) is 1. The molecule has 3 aliphatic rings. The number of anilines is 1. The van der Waals surface area contributed by atoms with Gasteiger partial charge in [-0.05, 0) is 56.1 Å². The fraction of sp³-hybridized carbons (Fsp3) is 0.588. The lowest BCUT2D eigenvalue weighted by atomic mass is 9.93. The van der Waals surface area contributed by atoms with Crippen LogP contribution in [0.25, 0.3) is 0 Å². The van der Waals surface area contributed by atoms with E-state index in [4.69, 9.17) is 11.6 Å². The summed E-state index contributed by atoms with van der Waals surface area (Å²) in [5.41, 5.74) is 2.20. The summed E-state index contributed by atoms with van der Waals surface area (Å²) in [6, 6.07) is 6.24. The number of halogens is 1. The molecule has 2 fully saturated rings. The monoisotopic (exact) mass is 319 g/mol. The highest BCUT2D eigenvalue weighted by Crippen LogP contribution is 2.33. The zero-order valence-electron chi connectivity index (χ0n) is 12.9. The lowest BCUT2D eigenvalue weighted by molar-refractivity contribution is -0.131. The van der Waals surface area contributed by atoms with Crippen LogP contribution in [0.2, 0.25) is 5.02 Å². The SMILES string of the molecule is CN1CCCC2CN(C(=O)C3Cc4cc(Cl)ccc4N3)CC21. The fourth-order valence-electron chi connectivity index (χ4n) is 4.29. The first-order valence-corrected chi connectivity index (χ1v) is 8.53. The van der Waals surface area contributed by atoms with E-state index in [9.17, 15) is 4.79 Å². The number of benzene rings is 1. The van der Waals surface area contributed by atoms with E-state index in [-0.39, 0.29) is 11.9 Å². The second-order valence-corrected chi connectivity index (χ2v) is 7.33. The van der Waals surface area contributed by atoms with Gasteiger partial charge in [-0.3, -0.25) is 4.79 Å². The average molecular weight is 320 g/mol. The predicted octanol–water partition coefficient (Wildman–Crippen LogP) is 2.23. The standard InChI is InChI=1S/C17H22ClN3O/c1-20-6-2-3-11-9-21(10-16(11)20)17(22)15-8-12-7-13(18)4-5-14(12)19-15/h4-5,7,11,15-16,19H,2-3,6,8-10H2,1H3. The van der Waals surface area contributed by atoms with Crippen LogP contribution in [0, 0.1) is 5.92 Å². The maximum atomic E-state index is 12.9.